The van der Waals surface area contributed by atoms with E-state index < -0.39 is 0 Å². The zero-order valence-corrected chi connectivity index (χ0v) is 12.1. The minimum absolute atomic E-state index is 0.212. The van der Waals surface area contributed by atoms with Crippen molar-refractivity contribution in [3.63, 3.8) is 0 Å². The summed E-state index contributed by atoms with van der Waals surface area (Å²) < 4.78 is 1.32. The molecule has 2 heterocycles. The molecule has 0 unspecified atom stereocenters. The molecule has 0 bridgehead atoms. The van der Waals surface area contributed by atoms with Crippen LogP contribution in [0.2, 0.25) is 0 Å². The third-order valence-corrected chi connectivity index (χ3v) is 2.90. The van der Waals surface area contributed by atoms with Crippen LogP contribution in [0.4, 0.5) is 5.69 Å². The van der Waals surface area contributed by atoms with E-state index in [-0.39, 0.29) is 12.1 Å². The van der Waals surface area contributed by atoms with Gasteiger partial charge >= 0.3 is 0 Å². The summed E-state index contributed by atoms with van der Waals surface area (Å²) in [6.45, 7) is 5.20. The lowest BCUT2D eigenvalue weighted by atomic mass is 10.2. The summed E-state index contributed by atoms with van der Waals surface area (Å²) in [7, 11) is 0. The second-order valence-electron chi connectivity index (χ2n) is 5.14. The van der Waals surface area contributed by atoms with Gasteiger partial charge < -0.3 is 5.32 Å². The summed E-state index contributed by atoms with van der Waals surface area (Å²) in [5, 5.41) is 16.3. The zero-order chi connectivity index (χ0) is 15.2. The highest BCUT2D eigenvalue weighted by molar-refractivity contribution is 5.39. The van der Waals surface area contributed by atoms with Gasteiger partial charge in [-0.25, -0.2) is 9.67 Å². The molecule has 0 atom stereocenters. The van der Waals surface area contributed by atoms with Crippen molar-refractivity contribution in [1.29, 1.82) is 5.26 Å². The SMILES string of the molecule is CC(C)CNc1cnn(Cc2cccnc2C#N)c(=O)c1. The molecule has 0 spiro atoms. The lowest BCUT2D eigenvalue weighted by Gasteiger charge is -2.10. The van der Waals surface area contributed by atoms with Crippen molar-refractivity contribution in [2.24, 2.45) is 5.92 Å². The number of nitriles is 1. The number of nitrogens with zero attached hydrogens (tertiary/aromatic N) is 4. The summed E-state index contributed by atoms with van der Waals surface area (Å²) in [4.78, 5) is 16.0. The molecule has 0 amide bonds. The molecule has 0 aliphatic carbocycles. The fourth-order valence-electron chi connectivity index (χ4n) is 1.80. The Morgan fingerprint density at radius 3 is 2.95 bits per heavy atom. The Morgan fingerprint density at radius 1 is 1.48 bits per heavy atom. The highest BCUT2D eigenvalue weighted by Crippen LogP contribution is 2.06. The predicted octanol–water partition coefficient (Wildman–Crippen LogP) is 1.63. The summed E-state index contributed by atoms with van der Waals surface area (Å²) in [6.07, 6.45) is 3.17. The molecule has 0 saturated heterocycles. The van der Waals surface area contributed by atoms with Crippen molar-refractivity contribution in [2.45, 2.75) is 20.4 Å². The van der Waals surface area contributed by atoms with E-state index in [0.29, 0.717) is 22.9 Å². The molecule has 0 aliphatic rings. The average molecular weight is 283 g/mol. The Kier molecular flexibility index (Phi) is 4.67. The van der Waals surface area contributed by atoms with E-state index in [1.807, 2.05) is 6.07 Å². The molecule has 1 N–H and O–H groups in total. The number of aromatic nitrogens is 3. The van der Waals surface area contributed by atoms with Crippen LogP contribution in [-0.4, -0.2) is 21.3 Å². The molecule has 0 aliphatic heterocycles. The van der Waals surface area contributed by atoms with Crippen molar-refractivity contribution < 1.29 is 0 Å². The van der Waals surface area contributed by atoms with Gasteiger partial charge in [-0.1, -0.05) is 19.9 Å². The minimum Gasteiger partial charge on any atom is -0.383 e. The molecule has 21 heavy (non-hydrogen) atoms. The third kappa shape index (κ3) is 3.89. The number of nitrogens with one attached hydrogen (secondary N) is 1. The van der Waals surface area contributed by atoms with Gasteiger partial charge in [-0.05, 0) is 12.0 Å². The van der Waals surface area contributed by atoms with Crippen LogP contribution >= 0.6 is 0 Å². The maximum atomic E-state index is 12.0. The number of pyridine rings is 1. The Morgan fingerprint density at radius 2 is 2.29 bits per heavy atom. The Hall–Kier alpha value is -2.68. The minimum atomic E-state index is -0.212. The van der Waals surface area contributed by atoms with E-state index >= 15 is 0 Å². The fraction of sp³-hybridized carbons (Fsp3) is 0.333. The van der Waals surface area contributed by atoms with E-state index in [2.05, 4.69) is 29.2 Å². The van der Waals surface area contributed by atoms with Gasteiger partial charge in [-0.2, -0.15) is 10.4 Å². The maximum absolute atomic E-state index is 12.0. The first-order valence-corrected chi connectivity index (χ1v) is 6.75. The predicted molar refractivity (Wildman–Crippen MR) is 79.9 cm³/mol. The largest absolute Gasteiger partial charge is 0.383 e. The molecule has 0 radical (unpaired) electrons. The summed E-state index contributed by atoms with van der Waals surface area (Å²) in [5.74, 6) is 0.487. The molecular weight excluding hydrogens is 266 g/mol. The summed E-state index contributed by atoms with van der Waals surface area (Å²) in [6, 6.07) is 7.03. The lowest BCUT2D eigenvalue weighted by molar-refractivity contribution is 0.634. The van der Waals surface area contributed by atoms with Gasteiger partial charge in [-0.3, -0.25) is 4.79 Å². The Bertz CT molecular complexity index is 714. The average Bonchev–Trinajstić information content (AvgIpc) is 2.48. The van der Waals surface area contributed by atoms with Crippen molar-refractivity contribution in [1.82, 2.24) is 14.8 Å². The lowest BCUT2D eigenvalue weighted by Crippen LogP contribution is -2.24. The molecule has 0 aromatic carbocycles. The fourth-order valence-corrected chi connectivity index (χ4v) is 1.80. The molecule has 2 rings (SSSR count). The van der Waals surface area contributed by atoms with Gasteiger partial charge in [0.25, 0.3) is 5.56 Å². The zero-order valence-electron chi connectivity index (χ0n) is 12.1. The van der Waals surface area contributed by atoms with Crippen molar-refractivity contribution in [2.75, 3.05) is 11.9 Å². The topological polar surface area (TPSA) is 83.6 Å². The summed E-state index contributed by atoms with van der Waals surface area (Å²) in [5.41, 5.74) is 1.49. The first kappa shape index (κ1) is 14.7. The van der Waals surface area contributed by atoms with Crippen molar-refractivity contribution in [3.05, 3.63) is 52.2 Å². The van der Waals surface area contributed by atoms with Gasteiger partial charge in [0.05, 0.1) is 18.4 Å². The number of anilines is 1. The first-order chi connectivity index (χ1) is 10.1. The molecule has 2 aromatic rings. The van der Waals surface area contributed by atoms with Crippen LogP contribution in [0.5, 0.6) is 0 Å². The molecular formula is C15H17N5O. The Labute approximate surface area is 123 Å². The Balaban J connectivity index is 2.18. The van der Waals surface area contributed by atoms with E-state index in [1.165, 1.54) is 10.7 Å². The standard InChI is InChI=1S/C15H17N5O/c1-11(2)8-18-13-6-15(21)20(19-9-13)10-12-4-3-5-17-14(12)7-16/h3-6,9,11,18H,8,10H2,1-2H3. The van der Waals surface area contributed by atoms with Crippen LogP contribution < -0.4 is 10.9 Å². The molecule has 6 heteroatoms. The van der Waals surface area contributed by atoms with E-state index in [0.717, 1.165) is 6.54 Å². The van der Waals surface area contributed by atoms with Crippen molar-refractivity contribution >= 4 is 5.69 Å². The van der Waals surface area contributed by atoms with Crippen LogP contribution in [-0.2, 0) is 6.54 Å². The number of rotatable bonds is 5. The van der Waals surface area contributed by atoms with Crippen LogP contribution in [0.1, 0.15) is 25.1 Å². The highest BCUT2D eigenvalue weighted by atomic mass is 16.1. The molecule has 0 saturated carbocycles. The molecule has 108 valence electrons. The molecule has 2 aromatic heterocycles. The second-order valence-corrected chi connectivity index (χ2v) is 5.14. The number of hydrogen-bond acceptors (Lipinski definition) is 5. The van der Waals surface area contributed by atoms with E-state index in [4.69, 9.17) is 5.26 Å². The van der Waals surface area contributed by atoms with Crippen LogP contribution in [0, 0.1) is 17.2 Å². The van der Waals surface area contributed by atoms with Crippen LogP contribution in [0.25, 0.3) is 0 Å². The molecule has 0 fully saturated rings. The molecule has 6 nitrogen and oxygen atoms in total. The quantitative estimate of drug-likeness (QED) is 0.901. The third-order valence-electron chi connectivity index (χ3n) is 2.90. The second kappa shape index (κ2) is 6.66. The smallest absolute Gasteiger partial charge is 0.269 e. The normalized spacial score (nSPS) is 10.4. The monoisotopic (exact) mass is 283 g/mol. The van der Waals surface area contributed by atoms with Gasteiger partial charge in [-0.15, -0.1) is 0 Å². The van der Waals surface area contributed by atoms with Crippen LogP contribution in [0.15, 0.2) is 35.4 Å². The summed E-state index contributed by atoms with van der Waals surface area (Å²) >= 11 is 0. The first-order valence-electron chi connectivity index (χ1n) is 6.75. The van der Waals surface area contributed by atoms with Crippen LogP contribution in [0.3, 0.4) is 0 Å². The highest BCUT2D eigenvalue weighted by Gasteiger charge is 2.06. The van der Waals surface area contributed by atoms with E-state index in [9.17, 15) is 4.79 Å². The van der Waals surface area contributed by atoms with Gasteiger partial charge in [0.15, 0.2) is 0 Å². The van der Waals surface area contributed by atoms with Crippen molar-refractivity contribution in [3.8, 4) is 6.07 Å². The number of hydrogen-bond donors (Lipinski definition) is 1. The van der Waals surface area contributed by atoms with Gasteiger partial charge in [0, 0.05) is 24.4 Å². The van der Waals surface area contributed by atoms with Gasteiger partial charge in [0.2, 0.25) is 0 Å². The maximum Gasteiger partial charge on any atom is 0.269 e. The van der Waals surface area contributed by atoms with E-state index in [1.54, 1.807) is 24.5 Å². The van der Waals surface area contributed by atoms with Gasteiger partial charge in [0.1, 0.15) is 11.8 Å².